The molecule has 0 saturated carbocycles. The number of aryl methyl sites for hydroxylation is 8. The van der Waals surface area contributed by atoms with Gasteiger partial charge in [-0.15, -0.1) is 140 Å². The average molecular weight is 2490 g/mol. The van der Waals surface area contributed by atoms with Crippen molar-refractivity contribution < 1.29 is 116 Å². The third kappa shape index (κ3) is 41.2. The van der Waals surface area contributed by atoms with Crippen LogP contribution in [0, 0.1) is 127 Å². The molecule has 0 saturated heterocycles. The molecular weight excluding hydrogens is 2340 g/mol. The van der Waals surface area contributed by atoms with Gasteiger partial charge in [0.1, 0.15) is 11.5 Å². The normalized spacial score (nSPS) is 11.9. The standard InChI is InChI=1S/4C21H22N.C11H22O2.C9H18O2.C7H7NO.C5H10O2.4Ir/c1-14(2)10-17-6-5-7-21-19(17)8-9-20(22-21)18-12-15(3)11-16(4)13-18;3*1-14(2)12-17-6-5-7-21-19(17)10-11-20(22-21)18-9-8-15(3)16(4)13-18;1-8(2)5-10(12)7-11(13)6-9(3)4;1-6(2)8(10)5-9(11)7(3)4;1-6(9)7-4-2-3-5-8-7;1-4(6)3-5(2)7;;;;/h5-9,11-12,14H,10H2,1-4H3;3*5-8,10-11,13-14H,12H2,1-4H3;7-10,12-13H,5-6H2,1-4H3;5-8,10-11H,1-4H3;2-5,9H,1H2;3-4,6-7H,1-2H3;;;;/q4*-1;;;;;;;;. The number of aliphatic hydroxyl groups is 7. The molecular formula is C116H145Ir4N5O7-4. The van der Waals surface area contributed by atoms with E-state index < -0.39 is 18.3 Å². The predicted molar refractivity (Wildman–Crippen MR) is 542 cm³/mol. The van der Waals surface area contributed by atoms with Crippen LogP contribution in [0.1, 0.15) is 210 Å². The first-order valence-corrected chi connectivity index (χ1v) is 45.5. The Hall–Kier alpha value is -8.81. The number of aromatic nitrogens is 5. The molecule has 0 amide bonds. The number of nitrogens with zero attached hydrogens (tertiary/aromatic N) is 5. The number of allylic oxidation sites excluding steroid dienone is 3. The van der Waals surface area contributed by atoms with E-state index in [1.54, 1.807) is 37.4 Å². The monoisotopic (exact) mass is 2490 g/mol. The zero-order valence-electron chi connectivity index (χ0n) is 82.7. The van der Waals surface area contributed by atoms with Crippen molar-refractivity contribution in [2.24, 2.45) is 47.3 Å². The van der Waals surface area contributed by atoms with E-state index in [0.717, 1.165) is 98.3 Å². The summed E-state index contributed by atoms with van der Waals surface area (Å²) in [5.74, 6) is 4.51. The Morgan fingerprint density at radius 3 is 0.977 bits per heavy atom. The molecule has 12 nitrogen and oxygen atoms in total. The molecule has 16 heteroatoms. The Morgan fingerprint density at radius 2 is 0.727 bits per heavy atom. The maximum Gasteiger partial charge on any atom is 0.134 e. The Kier molecular flexibility index (Phi) is 54.1. The maximum atomic E-state index is 9.47. The predicted octanol–water partition coefficient (Wildman–Crippen LogP) is 29.5. The van der Waals surface area contributed by atoms with Gasteiger partial charge >= 0.3 is 0 Å². The number of hydrogen-bond donors (Lipinski definition) is 7. The van der Waals surface area contributed by atoms with Crippen molar-refractivity contribution in [3.63, 3.8) is 0 Å². The average Bonchev–Trinajstić information content (AvgIpc) is 0.811. The van der Waals surface area contributed by atoms with Gasteiger partial charge in [0, 0.05) is 121 Å². The van der Waals surface area contributed by atoms with Crippen LogP contribution in [-0.4, -0.2) is 79.0 Å². The van der Waals surface area contributed by atoms with Gasteiger partial charge in [0.05, 0.1) is 57.7 Å². The summed E-state index contributed by atoms with van der Waals surface area (Å²) in [6, 6.07) is 78.7. The Morgan fingerprint density at radius 1 is 0.379 bits per heavy atom. The molecule has 13 aromatic rings. The second-order valence-electron chi connectivity index (χ2n) is 37.1. The second kappa shape index (κ2) is 59.8. The minimum atomic E-state index is -0.537. The molecule has 0 aliphatic carbocycles. The van der Waals surface area contributed by atoms with E-state index in [9.17, 15) is 20.4 Å². The molecule has 0 spiro atoms. The molecule has 3 atom stereocenters. The molecule has 3 unspecified atom stereocenters. The first-order valence-electron chi connectivity index (χ1n) is 45.5. The largest absolute Gasteiger partial charge is 0.513 e. The molecule has 8 aromatic carbocycles. The van der Waals surface area contributed by atoms with E-state index in [0.29, 0.717) is 59.8 Å². The minimum Gasteiger partial charge on any atom is -0.513 e. The summed E-state index contributed by atoms with van der Waals surface area (Å²) < 4.78 is 0. The van der Waals surface area contributed by atoms with Crippen LogP contribution in [0.4, 0.5) is 0 Å². The van der Waals surface area contributed by atoms with E-state index in [4.69, 9.17) is 35.3 Å². The summed E-state index contributed by atoms with van der Waals surface area (Å²) in [5, 5.41) is 68.2. The molecule has 0 fully saturated rings. The van der Waals surface area contributed by atoms with Crippen molar-refractivity contribution in [3.8, 4) is 45.0 Å². The fourth-order valence-electron chi connectivity index (χ4n) is 14.1. The van der Waals surface area contributed by atoms with Crippen molar-refractivity contribution >= 4 is 49.4 Å². The smallest absolute Gasteiger partial charge is 0.134 e. The molecule has 132 heavy (non-hydrogen) atoms. The summed E-state index contributed by atoms with van der Waals surface area (Å²) in [4.78, 5) is 23.3. The van der Waals surface area contributed by atoms with Crippen LogP contribution in [0.3, 0.4) is 0 Å². The molecule has 0 bridgehead atoms. The molecule has 0 aliphatic heterocycles. The Bertz CT molecular complexity index is 5440. The number of benzene rings is 8. The van der Waals surface area contributed by atoms with Gasteiger partial charge in [-0.25, -0.2) is 0 Å². The topological polar surface area (TPSA) is 206 Å². The first kappa shape index (κ1) is 119. The van der Waals surface area contributed by atoms with Crippen LogP contribution in [0.25, 0.3) is 94.4 Å². The van der Waals surface area contributed by atoms with E-state index in [-0.39, 0.29) is 110 Å². The number of aliphatic hydroxyl groups excluding tert-OH is 7. The number of hydrogen-bond acceptors (Lipinski definition) is 12. The Balaban J connectivity index is 0.000000522. The Labute approximate surface area is 845 Å². The fraction of sp³-hybridized carbons (Fsp3) is 0.371. The zero-order valence-corrected chi connectivity index (χ0v) is 92.3. The first-order chi connectivity index (χ1) is 60.4. The van der Waals surface area contributed by atoms with Gasteiger partial charge in [-0.3, -0.25) is 24.9 Å². The van der Waals surface area contributed by atoms with Gasteiger partial charge in [0.15, 0.2) is 0 Å². The van der Waals surface area contributed by atoms with Gasteiger partial charge in [0.25, 0.3) is 0 Å². The summed E-state index contributed by atoms with van der Waals surface area (Å²) in [5.41, 5.74) is 28.7. The van der Waals surface area contributed by atoms with Gasteiger partial charge in [-0.2, -0.15) is 0 Å². The van der Waals surface area contributed by atoms with Crippen LogP contribution in [0.2, 0.25) is 0 Å². The fourth-order valence-corrected chi connectivity index (χ4v) is 14.1. The van der Waals surface area contributed by atoms with Gasteiger partial charge < -0.3 is 35.7 Å². The maximum absolute atomic E-state index is 9.47. The van der Waals surface area contributed by atoms with Gasteiger partial charge in [-0.05, 0) is 187 Å². The SMILES string of the molecule is C=C(O)c1ccccn1.CC(C)C(O)=CC(O)C(C)C.CC(C)CC(O)=CC(O)CC(C)C.CC(O)=CC(C)O.Cc1[c-]c(-c2ccc3c(CC(C)C)cccc3n2)cc(C)c1.Cc1c[c-]c(-c2ccc3c(CC(C)C)cccc3n2)cc1C.Cc1c[c-]c(-c2ccc3c(CC(C)C)cccc3n2)cc1C.Cc1c[c-]c(-c2ccc3c(CC(C)C)cccc3n2)cc1C.[Ir].[Ir].[Ir].[Ir]. The van der Waals surface area contributed by atoms with Crippen molar-refractivity contribution in [1.82, 2.24) is 24.9 Å². The summed E-state index contributed by atoms with van der Waals surface area (Å²) in [6.45, 7) is 57.2. The summed E-state index contributed by atoms with van der Waals surface area (Å²) in [6.07, 6.45) is 10.2. The molecule has 7 N–H and O–H groups in total. The van der Waals surface area contributed by atoms with Crippen LogP contribution in [-0.2, 0) is 106 Å². The molecule has 13 rings (SSSR count). The number of fused-ring (bicyclic) bond motifs is 4. The number of pyridine rings is 5. The summed E-state index contributed by atoms with van der Waals surface area (Å²) in [7, 11) is 0. The van der Waals surface area contributed by atoms with Crippen molar-refractivity contribution in [3.05, 3.63) is 333 Å². The minimum absolute atomic E-state index is 0. The van der Waals surface area contributed by atoms with Crippen LogP contribution in [0.5, 0.6) is 0 Å². The van der Waals surface area contributed by atoms with E-state index in [2.05, 4.69) is 312 Å². The third-order valence-electron chi connectivity index (χ3n) is 21.1. The van der Waals surface area contributed by atoms with E-state index in [1.165, 1.54) is 102 Å². The number of rotatable bonds is 22. The molecule has 5 heterocycles. The van der Waals surface area contributed by atoms with Crippen molar-refractivity contribution in [2.75, 3.05) is 0 Å². The molecule has 716 valence electrons. The van der Waals surface area contributed by atoms with E-state index in [1.807, 2.05) is 59.7 Å². The van der Waals surface area contributed by atoms with Crippen LogP contribution >= 0.6 is 0 Å². The van der Waals surface area contributed by atoms with Crippen LogP contribution in [0.15, 0.2) is 236 Å². The van der Waals surface area contributed by atoms with E-state index >= 15 is 0 Å². The third-order valence-corrected chi connectivity index (χ3v) is 21.1. The van der Waals surface area contributed by atoms with Crippen molar-refractivity contribution in [1.29, 1.82) is 0 Å². The summed E-state index contributed by atoms with van der Waals surface area (Å²) >= 11 is 0. The second-order valence-corrected chi connectivity index (χ2v) is 37.1. The van der Waals surface area contributed by atoms with Crippen LogP contribution < -0.4 is 0 Å². The van der Waals surface area contributed by atoms with Crippen molar-refractivity contribution in [2.45, 2.75) is 237 Å². The molecule has 5 aromatic heterocycles. The zero-order chi connectivity index (χ0) is 94.8. The molecule has 0 aliphatic rings. The van der Waals surface area contributed by atoms with Gasteiger partial charge in [-0.1, -0.05) is 276 Å². The van der Waals surface area contributed by atoms with Gasteiger partial charge in [0.2, 0.25) is 0 Å². The quantitative estimate of drug-likeness (QED) is 0.0250. The molecule has 4 radical (unpaired) electrons.